The van der Waals surface area contributed by atoms with Crippen molar-refractivity contribution in [1.82, 2.24) is 0 Å². The Labute approximate surface area is 96.5 Å². The summed E-state index contributed by atoms with van der Waals surface area (Å²) >= 11 is 0. The van der Waals surface area contributed by atoms with Crippen molar-refractivity contribution in [3.8, 4) is 5.75 Å². The van der Waals surface area contributed by atoms with Gasteiger partial charge in [0.15, 0.2) is 0 Å². The Hall–Kier alpha value is -1.06. The van der Waals surface area contributed by atoms with E-state index in [0.717, 1.165) is 25.4 Å². The summed E-state index contributed by atoms with van der Waals surface area (Å²) in [5.74, 6) is 0.929. The highest BCUT2D eigenvalue weighted by Gasteiger charge is 2.37. The van der Waals surface area contributed by atoms with Crippen molar-refractivity contribution in [2.45, 2.75) is 13.3 Å². The van der Waals surface area contributed by atoms with Crippen LogP contribution in [0.3, 0.4) is 0 Å². The van der Waals surface area contributed by atoms with Crippen LogP contribution >= 0.6 is 0 Å². The number of nitrogens with two attached hydrogens (primary N) is 1. The first-order valence-corrected chi connectivity index (χ1v) is 5.77. The fourth-order valence-electron chi connectivity index (χ4n) is 1.99. The number of hydrogen-bond acceptors (Lipinski definition) is 3. The lowest BCUT2D eigenvalue weighted by molar-refractivity contribution is -0.106. The van der Waals surface area contributed by atoms with Crippen LogP contribution in [-0.4, -0.2) is 26.4 Å². The first-order valence-electron chi connectivity index (χ1n) is 5.77. The third kappa shape index (κ3) is 2.36. The fourth-order valence-corrected chi connectivity index (χ4v) is 1.99. The van der Waals surface area contributed by atoms with Crippen LogP contribution in [-0.2, 0) is 11.2 Å². The van der Waals surface area contributed by atoms with Crippen LogP contribution in [0, 0.1) is 5.41 Å². The number of hydrogen-bond donors (Lipinski definition) is 1. The van der Waals surface area contributed by atoms with Crippen LogP contribution < -0.4 is 10.5 Å². The first kappa shape index (κ1) is 11.4. The Morgan fingerprint density at radius 3 is 2.44 bits per heavy atom. The Balaban J connectivity index is 1.99. The summed E-state index contributed by atoms with van der Waals surface area (Å²) in [6.07, 6.45) is 0.996. The van der Waals surface area contributed by atoms with E-state index in [4.69, 9.17) is 15.2 Å². The average Bonchev–Trinajstić information content (AvgIpc) is 2.26. The monoisotopic (exact) mass is 221 g/mol. The minimum absolute atomic E-state index is 0.174. The smallest absolute Gasteiger partial charge is 0.119 e. The van der Waals surface area contributed by atoms with Crippen molar-refractivity contribution in [3.63, 3.8) is 0 Å². The van der Waals surface area contributed by atoms with Gasteiger partial charge in [0.2, 0.25) is 0 Å². The molecule has 1 saturated heterocycles. The van der Waals surface area contributed by atoms with Crippen LogP contribution in [0.4, 0.5) is 0 Å². The highest BCUT2D eigenvalue weighted by molar-refractivity contribution is 5.28. The molecule has 2 N–H and O–H groups in total. The molecule has 0 unspecified atom stereocenters. The standard InChI is InChI=1S/C13H19NO2/c1-2-16-12-5-3-11(4-6-12)7-13(8-14)9-15-10-13/h3-6H,2,7-10,14H2,1H3. The molecule has 1 heterocycles. The Morgan fingerprint density at radius 1 is 1.31 bits per heavy atom. The zero-order valence-corrected chi connectivity index (χ0v) is 9.74. The number of ether oxygens (including phenoxy) is 2. The van der Waals surface area contributed by atoms with E-state index in [2.05, 4.69) is 12.1 Å². The normalized spacial score (nSPS) is 17.9. The van der Waals surface area contributed by atoms with Crippen molar-refractivity contribution < 1.29 is 9.47 Å². The second-order valence-electron chi connectivity index (χ2n) is 4.45. The minimum atomic E-state index is 0.174. The molecule has 0 aromatic heterocycles. The van der Waals surface area contributed by atoms with Gasteiger partial charge in [0, 0.05) is 12.0 Å². The van der Waals surface area contributed by atoms with Gasteiger partial charge in [-0.25, -0.2) is 0 Å². The fraction of sp³-hybridized carbons (Fsp3) is 0.538. The van der Waals surface area contributed by atoms with E-state index in [0.29, 0.717) is 13.2 Å². The van der Waals surface area contributed by atoms with Crippen molar-refractivity contribution in [2.75, 3.05) is 26.4 Å². The second kappa shape index (κ2) is 4.85. The van der Waals surface area contributed by atoms with E-state index in [9.17, 15) is 0 Å². The van der Waals surface area contributed by atoms with Crippen LogP contribution in [0.1, 0.15) is 12.5 Å². The first-order chi connectivity index (χ1) is 7.78. The zero-order valence-electron chi connectivity index (χ0n) is 9.74. The molecule has 0 saturated carbocycles. The predicted octanol–water partition coefficient (Wildman–Crippen LogP) is 1.60. The third-order valence-corrected chi connectivity index (χ3v) is 3.06. The quantitative estimate of drug-likeness (QED) is 0.821. The largest absolute Gasteiger partial charge is 0.494 e. The molecule has 0 amide bonds. The molecule has 0 spiro atoms. The van der Waals surface area contributed by atoms with Crippen molar-refractivity contribution in [2.24, 2.45) is 11.1 Å². The molecule has 0 aliphatic carbocycles. The molecule has 2 rings (SSSR count). The summed E-state index contributed by atoms with van der Waals surface area (Å²) in [5.41, 5.74) is 7.27. The highest BCUT2D eigenvalue weighted by atomic mass is 16.5. The summed E-state index contributed by atoms with van der Waals surface area (Å²) < 4.78 is 10.7. The molecular weight excluding hydrogens is 202 g/mol. The molecule has 1 aliphatic heterocycles. The van der Waals surface area contributed by atoms with Gasteiger partial charge < -0.3 is 15.2 Å². The average molecular weight is 221 g/mol. The zero-order chi connectivity index (χ0) is 11.4. The maximum Gasteiger partial charge on any atom is 0.119 e. The molecule has 1 aliphatic rings. The molecule has 88 valence electrons. The summed E-state index contributed by atoms with van der Waals surface area (Å²) in [7, 11) is 0. The predicted molar refractivity (Wildman–Crippen MR) is 63.6 cm³/mol. The minimum Gasteiger partial charge on any atom is -0.494 e. The van der Waals surface area contributed by atoms with Gasteiger partial charge in [-0.2, -0.15) is 0 Å². The lowest BCUT2D eigenvalue weighted by atomic mass is 9.80. The van der Waals surface area contributed by atoms with Crippen molar-refractivity contribution in [3.05, 3.63) is 29.8 Å². The summed E-state index contributed by atoms with van der Waals surface area (Å²) in [4.78, 5) is 0. The SMILES string of the molecule is CCOc1ccc(CC2(CN)COC2)cc1. The topological polar surface area (TPSA) is 44.5 Å². The second-order valence-corrected chi connectivity index (χ2v) is 4.45. The molecule has 0 bridgehead atoms. The van der Waals surface area contributed by atoms with E-state index in [1.807, 2.05) is 19.1 Å². The van der Waals surface area contributed by atoms with Gasteiger partial charge in [-0.3, -0.25) is 0 Å². The molecule has 3 heteroatoms. The van der Waals surface area contributed by atoms with Crippen LogP contribution in [0.5, 0.6) is 5.75 Å². The molecule has 3 nitrogen and oxygen atoms in total. The molecule has 1 fully saturated rings. The van der Waals surface area contributed by atoms with E-state index in [1.54, 1.807) is 0 Å². The van der Waals surface area contributed by atoms with Crippen molar-refractivity contribution in [1.29, 1.82) is 0 Å². The van der Waals surface area contributed by atoms with E-state index in [-0.39, 0.29) is 5.41 Å². The van der Waals surface area contributed by atoms with E-state index < -0.39 is 0 Å². The molecular formula is C13H19NO2. The number of rotatable bonds is 5. The van der Waals surface area contributed by atoms with Crippen LogP contribution in [0.2, 0.25) is 0 Å². The summed E-state index contributed by atoms with van der Waals surface area (Å²) in [5, 5.41) is 0. The van der Waals surface area contributed by atoms with Gasteiger partial charge in [0.1, 0.15) is 5.75 Å². The third-order valence-electron chi connectivity index (χ3n) is 3.06. The van der Waals surface area contributed by atoms with E-state index >= 15 is 0 Å². The van der Waals surface area contributed by atoms with Gasteiger partial charge in [0.05, 0.1) is 19.8 Å². The van der Waals surface area contributed by atoms with Gasteiger partial charge in [-0.1, -0.05) is 12.1 Å². The van der Waals surface area contributed by atoms with Gasteiger partial charge in [-0.05, 0) is 31.0 Å². The Morgan fingerprint density at radius 2 is 2.00 bits per heavy atom. The van der Waals surface area contributed by atoms with E-state index in [1.165, 1.54) is 5.56 Å². The molecule has 0 radical (unpaired) electrons. The van der Waals surface area contributed by atoms with Gasteiger partial charge >= 0.3 is 0 Å². The Bertz CT molecular complexity index is 325. The Kier molecular flexibility index (Phi) is 3.46. The molecule has 0 atom stereocenters. The van der Waals surface area contributed by atoms with Crippen molar-refractivity contribution >= 4 is 0 Å². The highest BCUT2D eigenvalue weighted by Crippen LogP contribution is 2.30. The molecule has 1 aromatic rings. The maximum atomic E-state index is 5.79. The van der Waals surface area contributed by atoms with Gasteiger partial charge in [0.25, 0.3) is 0 Å². The van der Waals surface area contributed by atoms with Gasteiger partial charge in [-0.15, -0.1) is 0 Å². The summed E-state index contributed by atoms with van der Waals surface area (Å²) in [6, 6.07) is 8.26. The number of benzene rings is 1. The summed E-state index contributed by atoms with van der Waals surface area (Å²) in [6.45, 7) is 4.97. The van der Waals surface area contributed by atoms with Crippen LogP contribution in [0.15, 0.2) is 24.3 Å². The molecule has 16 heavy (non-hydrogen) atoms. The lowest BCUT2D eigenvalue weighted by Crippen LogP contribution is -2.49. The van der Waals surface area contributed by atoms with Crippen LogP contribution in [0.25, 0.3) is 0 Å². The molecule has 1 aromatic carbocycles. The maximum absolute atomic E-state index is 5.79. The lowest BCUT2D eigenvalue weighted by Gasteiger charge is -2.40.